The molecule has 20 heavy (non-hydrogen) atoms. The first-order valence-corrected chi connectivity index (χ1v) is 6.61. The van der Waals surface area contributed by atoms with E-state index in [1.807, 2.05) is 0 Å². The predicted octanol–water partition coefficient (Wildman–Crippen LogP) is 2.56. The fourth-order valence-corrected chi connectivity index (χ4v) is 2.17. The average molecular weight is 298 g/mol. The molecule has 108 valence electrons. The van der Waals surface area contributed by atoms with E-state index in [9.17, 15) is 14.7 Å². The molecule has 1 unspecified atom stereocenters. The van der Waals surface area contributed by atoms with Gasteiger partial charge in [0, 0.05) is 11.6 Å². The molecule has 0 fully saturated rings. The topological polar surface area (TPSA) is 66.8 Å². The number of carbonyl (C=O) groups is 2. The maximum absolute atomic E-state index is 12.3. The van der Waals surface area contributed by atoms with Crippen LogP contribution in [0.4, 0.5) is 5.69 Å². The van der Waals surface area contributed by atoms with Crippen LogP contribution in [0.3, 0.4) is 0 Å². The van der Waals surface area contributed by atoms with Crippen molar-refractivity contribution in [3.63, 3.8) is 0 Å². The third kappa shape index (κ3) is 2.58. The summed E-state index contributed by atoms with van der Waals surface area (Å²) in [4.78, 5) is 25.0. The summed E-state index contributed by atoms with van der Waals surface area (Å²) in [6.07, 6.45) is -0.645. The van der Waals surface area contributed by atoms with E-state index in [0.717, 1.165) is 0 Å². The maximum atomic E-state index is 12.3. The number of carboxylic acid groups (broad SMARTS) is 1. The molecular formula is C14H16ClNO4. The lowest BCUT2D eigenvalue weighted by molar-refractivity contribution is -0.146. The third-order valence-electron chi connectivity index (χ3n) is 3.26. The van der Waals surface area contributed by atoms with Gasteiger partial charge >= 0.3 is 5.97 Å². The van der Waals surface area contributed by atoms with Crippen molar-refractivity contribution in [2.75, 3.05) is 11.4 Å². The third-order valence-corrected chi connectivity index (χ3v) is 3.50. The number of benzene rings is 1. The average Bonchev–Trinajstić information content (AvgIpc) is 2.35. The highest BCUT2D eigenvalue weighted by molar-refractivity contribution is 6.31. The van der Waals surface area contributed by atoms with Crippen LogP contribution < -0.4 is 9.64 Å². The molecule has 1 amide bonds. The Morgan fingerprint density at radius 1 is 1.50 bits per heavy atom. The summed E-state index contributed by atoms with van der Waals surface area (Å²) < 4.78 is 5.51. The Kier molecular flexibility index (Phi) is 3.65. The van der Waals surface area contributed by atoms with Crippen LogP contribution in [0.25, 0.3) is 0 Å². The molecule has 0 aromatic heterocycles. The summed E-state index contributed by atoms with van der Waals surface area (Å²) in [7, 11) is 0. The molecule has 1 aliphatic heterocycles. The van der Waals surface area contributed by atoms with Gasteiger partial charge in [0.1, 0.15) is 5.75 Å². The van der Waals surface area contributed by atoms with Gasteiger partial charge in [-0.1, -0.05) is 11.6 Å². The van der Waals surface area contributed by atoms with Crippen LogP contribution in [-0.2, 0) is 9.59 Å². The van der Waals surface area contributed by atoms with E-state index in [1.165, 1.54) is 4.90 Å². The van der Waals surface area contributed by atoms with Crippen molar-refractivity contribution in [2.45, 2.75) is 26.9 Å². The number of hydrogen-bond donors (Lipinski definition) is 1. The highest BCUT2D eigenvalue weighted by Crippen LogP contribution is 2.37. The molecule has 0 bridgehead atoms. The van der Waals surface area contributed by atoms with Crippen molar-refractivity contribution in [3.8, 4) is 5.75 Å². The van der Waals surface area contributed by atoms with Gasteiger partial charge in [-0.15, -0.1) is 0 Å². The first-order chi connectivity index (χ1) is 9.22. The Bertz CT molecular complexity index is 570. The van der Waals surface area contributed by atoms with Gasteiger partial charge in [-0.2, -0.15) is 0 Å². The smallest absolute Gasteiger partial charge is 0.310 e. The number of carbonyl (C=O) groups excluding carboxylic acids is 1. The van der Waals surface area contributed by atoms with Crippen LogP contribution in [0.2, 0.25) is 5.02 Å². The van der Waals surface area contributed by atoms with Crippen LogP contribution in [0.15, 0.2) is 18.2 Å². The monoisotopic (exact) mass is 297 g/mol. The number of aliphatic carboxylic acids is 1. The van der Waals surface area contributed by atoms with Crippen LogP contribution in [-0.4, -0.2) is 29.6 Å². The predicted molar refractivity (Wildman–Crippen MR) is 75.3 cm³/mol. The molecule has 0 aliphatic carbocycles. The zero-order valence-electron chi connectivity index (χ0n) is 11.5. The number of fused-ring (bicyclic) bond motifs is 1. The molecule has 1 heterocycles. The van der Waals surface area contributed by atoms with Gasteiger partial charge in [0.2, 0.25) is 0 Å². The molecule has 5 nitrogen and oxygen atoms in total. The van der Waals surface area contributed by atoms with Gasteiger partial charge in [0.25, 0.3) is 5.91 Å². The summed E-state index contributed by atoms with van der Waals surface area (Å²) in [6.45, 7) is 4.85. The standard InChI is InChI=1S/C14H16ClNO4/c1-8-12(17)16(7-14(2,3)13(18)19)10-6-9(15)4-5-11(10)20-8/h4-6,8H,7H2,1-3H3,(H,18,19). The van der Waals surface area contributed by atoms with Gasteiger partial charge in [-0.3, -0.25) is 9.59 Å². The normalized spacial score (nSPS) is 18.5. The molecule has 6 heteroatoms. The number of anilines is 1. The van der Waals surface area contributed by atoms with Crippen LogP contribution in [0.5, 0.6) is 5.75 Å². The lowest BCUT2D eigenvalue weighted by Crippen LogP contribution is -2.49. The number of nitrogens with zero attached hydrogens (tertiary/aromatic N) is 1. The van der Waals surface area contributed by atoms with Crippen LogP contribution >= 0.6 is 11.6 Å². The maximum Gasteiger partial charge on any atom is 0.310 e. The Hall–Kier alpha value is -1.75. The van der Waals surface area contributed by atoms with E-state index < -0.39 is 17.5 Å². The summed E-state index contributed by atoms with van der Waals surface area (Å²) in [5.74, 6) is -0.704. The van der Waals surface area contributed by atoms with Crippen molar-refractivity contribution < 1.29 is 19.4 Å². The molecule has 2 rings (SSSR count). The highest BCUT2D eigenvalue weighted by atomic mass is 35.5. The van der Waals surface area contributed by atoms with Crippen molar-refractivity contribution in [1.29, 1.82) is 0 Å². The van der Waals surface area contributed by atoms with E-state index in [0.29, 0.717) is 16.5 Å². The zero-order chi connectivity index (χ0) is 15.1. The van der Waals surface area contributed by atoms with E-state index >= 15 is 0 Å². The molecule has 0 spiro atoms. The number of halogens is 1. The van der Waals surface area contributed by atoms with E-state index in [1.54, 1.807) is 39.0 Å². The molecule has 1 aromatic rings. The Balaban J connectivity index is 2.43. The number of hydrogen-bond acceptors (Lipinski definition) is 3. The molecule has 1 N–H and O–H groups in total. The number of rotatable bonds is 3. The fourth-order valence-electron chi connectivity index (χ4n) is 2.01. The van der Waals surface area contributed by atoms with E-state index in [4.69, 9.17) is 16.3 Å². The van der Waals surface area contributed by atoms with Crippen LogP contribution in [0, 0.1) is 5.41 Å². The molecule has 0 radical (unpaired) electrons. The van der Waals surface area contributed by atoms with Crippen molar-refractivity contribution in [1.82, 2.24) is 0 Å². The van der Waals surface area contributed by atoms with Crippen molar-refractivity contribution in [3.05, 3.63) is 23.2 Å². The second kappa shape index (κ2) is 4.98. The number of amides is 1. The molecular weight excluding hydrogens is 282 g/mol. The Labute approximate surface area is 122 Å². The minimum absolute atomic E-state index is 0.0577. The van der Waals surface area contributed by atoms with Gasteiger partial charge < -0.3 is 14.7 Å². The van der Waals surface area contributed by atoms with Gasteiger partial charge in [-0.05, 0) is 39.0 Å². The van der Waals surface area contributed by atoms with Gasteiger partial charge in [0.05, 0.1) is 11.1 Å². The fraction of sp³-hybridized carbons (Fsp3) is 0.429. The summed E-state index contributed by atoms with van der Waals surface area (Å²) in [5, 5.41) is 9.70. The molecule has 1 aromatic carbocycles. The van der Waals surface area contributed by atoms with Crippen molar-refractivity contribution in [2.24, 2.45) is 5.41 Å². The molecule has 0 saturated carbocycles. The van der Waals surface area contributed by atoms with Crippen LogP contribution in [0.1, 0.15) is 20.8 Å². The summed E-state index contributed by atoms with van der Waals surface area (Å²) in [5.41, 5.74) is -0.554. The minimum Gasteiger partial charge on any atom is -0.481 e. The lowest BCUT2D eigenvalue weighted by Gasteiger charge is -2.36. The molecule has 1 aliphatic rings. The number of ether oxygens (including phenoxy) is 1. The highest BCUT2D eigenvalue weighted by Gasteiger charge is 2.38. The summed E-state index contributed by atoms with van der Waals surface area (Å²) in [6, 6.07) is 4.96. The molecule has 0 saturated heterocycles. The van der Waals surface area contributed by atoms with Gasteiger partial charge in [0.15, 0.2) is 6.10 Å². The summed E-state index contributed by atoms with van der Waals surface area (Å²) >= 11 is 5.95. The lowest BCUT2D eigenvalue weighted by atomic mass is 9.92. The quantitative estimate of drug-likeness (QED) is 0.931. The first kappa shape index (κ1) is 14.7. The second-order valence-electron chi connectivity index (χ2n) is 5.49. The van der Waals surface area contributed by atoms with Crippen molar-refractivity contribution >= 4 is 29.2 Å². The van der Waals surface area contributed by atoms with E-state index in [-0.39, 0.29) is 12.5 Å². The molecule has 1 atom stereocenters. The Morgan fingerprint density at radius 2 is 2.15 bits per heavy atom. The Morgan fingerprint density at radius 3 is 2.75 bits per heavy atom. The second-order valence-corrected chi connectivity index (χ2v) is 5.92. The van der Waals surface area contributed by atoms with E-state index in [2.05, 4.69) is 0 Å². The number of carboxylic acids is 1. The largest absolute Gasteiger partial charge is 0.481 e. The zero-order valence-corrected chi connectivity index (χ0v) is 12.3. The van der Waals surface area contributed by atoms with Gasteiger partial charge in [-0.25, -0.2) is 0 Å². The SMILES string of the molecule is CC1Oc2ccc(Cl)cc2N(CC(C)(C)C(=O)O)C1=O. The first-order valence-electron chi connectivity index (χ1n) is 6.23. The minimum atomic E-state index is -1.06.